The van der Waals surface area contributed by atoms with Gasteiger partial charge in [-0.15, -0.1) is 0 Å². The molecule has 1 aromatic heterocycles. The fourth-order valence-corrected chi connectivity index (χ4v) is 3.86. The number of carbonyl (C=O) groups is 1. The smallest absolute Gasteiger partial charge is 0.234 e. The number of amides is 1. The van der Waals surface area contributed by atoms with Crippen LogP contribution in [0.4, 0.5) is 0 Å². The van der Waals surface area contributed by atoms with Crippen molar-refractivity contribution in [3.8, 4) is 5.75 Å². The molecule has 0 aliphatic carbocycles. The molecule has 7 nitrogen and oxygen atoms in total. The van der Waals surface area contributed by atoms with Gasteiger partial charge in [-0.2, -0.15) is 0 Å². The predicted octanol–water partition coefficient (Wildman–Crippen LogP) is 2.66. The molecule has 2 heterocycles. The minimum absolute atomic E-state index is 0.0228. The van der Waals surface area contributed by atoms with Gasteiger partial charge in [-0.05, 0) is 23.8 Å². The first-order valence-corrected chi connectivity index (χ1v) is 10.5. The van der Waals surface area contributed by atoms with Crippen molar-refractivity contribution in [2.45, 2.75) is 13.1 Å². The molecule has 0 unspecified atom stereocenters. The molecule has 2 aromatic carbocycles. The topological polar surface area (TPSA) is 73.5 Å². The minimum atomic E-state index is 0.0228. The fourth-order valence-electron chi connectivity index (χ4n) is 3.66. The summed E-state index contributed by atoms with van der Waals surface area (Å²) >= 11 is 6.14. The van der Waals surface area contributed by atoms with E-state index in [-0.39, 0.29) is 5.91 Å². The van der Waals surface area contributed by atoms with Gasteiger partial charge in [0.05, 0.1) is 31.2 Å². The summed E-state index contributed by atoms with van der Waals surface area (Å²) in [6, 6.07) is 13.4. The van der Waals surface area contributed by atoms with E-state index in [4.69, 9.17) is 16.3 Å². The number of imidazole rings is 1. The number of carbonyl (C=O) groups excluding carboxylic acids is 1. The van der Waals surface area contributed by atoms with Gasteiger partial charge < -0.3 is 15.0 Å². The van der Waals surface area contributed by atoms with Crippen molar-refractivity contribution in [2.75, 3.05) is 39.8 Å². The number of aromatic nitrogens is 2. The maximum Gasteiger partial charge on any atom is 0.234 e. The number of aromatic amines is 1. The Balaban J connectivity index is 1.23. The molecule has 3 aromatic rings. The zero-order chi connectivity index (χ0) is 20.9. The van der Waals surface area contributed by atoms with E-state index in [2.05, 4.69) is 25.1 Å². The maximum atomic E-state index is 12.3. The Morgan fingerprint density at radius 2 is 1.93 bits per heavy atom. The Morgan fingerprint density at radius 3 is 2.70 bits per heavy atom. The summed E-state index contributed by atoms with van der Waals surface area (Å²) in [6.45, 7) is 5.14. The Morgan fingerprint density at radius 1 is 1.17 bits per heavy atom. The van der Waals surface area contributed by atoms with Crippen molar-refractivity contribution in [1.29, 1.82) is 0 Å². The molecular formula is C22H26ClN5O2. The third-order valence-corrected chi connectivity index (χ3v) is 5.75. The molecule has 1 aliphatic rings. The molecule has 4 rings (SSSR count). The third-order valence-electron chi connectivity index (χ3n) is 5.38. The SMILES string of the molecule is COc1ccc2nc(CN3CCN(CC(=O)NCc4ccccc4Cl)CC3)[nH]c2c1. The number of methoxy groups -OCH3 is 1. The summed E-state index contributed by atoms with van der Waals surface area (Å²) in [5.74, 6) is 1.79. The number of halogens is 1. The Labute approximate surface area is 181 Å². The number of nitrogens with zero attached hydrogens (tertiary/aromatic N) is 3. The van der Waals surface area contributed by atoms with E-state index in [1.807, 2.05) is 42.5 Å². The van der Waals surface area contributed by atoms with Crippen LogP contribution in [-0.2, 0) is 17.9 Å². The number of H-pyrrole nitrogens is 1. The second kappa shape index (κ2) is 9.47. The van der Waals surface area contributed by atoms with Crippen LogP contribution in [0.3, 0.4) is 0 Å². The summed E-state index contributed by atoms with van der Waals surface area (Å²) < 4.78 is 5.27. The summed E-state index contributed by atoms with van der Waals surface area (Å²) in [7, 11) is 1.66. The summed E-state index contributed by atoms with van der Waals surface area (Å²) in [4.78, 5) is 24.9. The van der Waals surface area contributed by atoms with Crippen LogP contribution in [0.1, 0.15) is 11.4 Å². The van der Waals surface area contributed by atoms with Crippen LogP contribution in [0, 0.1) is 0 Å². The summed E-state index contributed by atoms with van der Waals surface area (Å²) in [6.07, 6.45) is 0. The van der Waals surface area contributed by atoms with Crippen molar-refractivity contribution >= 4 is 28.5 Å². The highest BCUT2D eigenvalue weighted by Gasteiger charge is 2.20. The number of hydrogen-bond donors (Lipinski definition) is 2. The van der Waals surface area contributed by atoms with Crippen LogP contribution < -0.4 is 10.1 Å². The normalized spacial score (nSPS) is 15.4. The number of benzene rings is 2. The molecule has 1 fully saturated rings. The van der Waals surface area contributed by atoms with Crippen LogP contribution in [0.2, 0.25) is 5.02 Å². The molecule has 0 atom stereocenters. The number of fused-ring (bicyclic) bond motifs is 1. The molecule has 0 saturated carbocycles. The molecular weight excluding hydrogens is 402 g/mol. The average Bonchev–Trinajstić information content (AvgIpc) is 3.16. The monoisotopic (exact) mass is 427 g/mol. The molecule has 30 heavy (non-hydrogen) atoms. The van der Waals surface area contributed by atoms with Gasteiger partial charge in [0.1, 0.15) is 11.6 Å². The Bertz CT molecular complexity index is 1010. The number of rotatable bonds is 7. The van der Waals surface area contributed by atoms with E-state index in [0.717, 1.165) is 60.9 Å². The molecule has 0 radical (unpaired) electrons. The standard InChI is InChI=1S/C22H26ClN5O2/c1-30-17-6-7-19-20(12-17)26-21(25-19)14-27-8-10-28(11-9-27)15-22(29)24-13-16-4-2-3-5-18(16)23/h2-7,12H,8-11,13-15H2,1H3,(H,24,29)(H,25,26). The van der Waals surface area contributed by atoms with Crippen LogP contribution in [-0.4, -0.2) is 65.5 Å². The van der Waals surface area contributed by atoms with Crippen LogP contribution in [0.25, 0.3) is 11.0 Å². The second-order valence-corrected chi connectivity index (χ2v) is 7.89. The lowest BCUT2D eigenvalue weighted by molar-refractivity contribution is -0.122. The van der Waals surface area contributed by atoms with Crippen molar-refractivity contribution < 1.29 is 9.53 Å². The summed E-state index contributed by atoms with van der Waals surface area (Å²) in [5.41, 5.74) is 2.86. The van der Waals surface area contributed by atoms with E-state index in [9.17, 15) is 4.79 Å². The van der Waals surface area contributed by atoms with Crippen molar-refractivity contribution in [2.24, 2.45) is 0 Å². The van der Waals surface area contributed by atoms with Crippen LogP contribution >= 0.6 is 11.6 Å². The highest BCUT2D eigenvalue weighted by molar-refractivity contribution is 6.31. The van der Waals surface area contributed by atoms with Gasteiger partial charge in [-0.25, -0.2) is 4.98 Å². The van der Waals surface area contributed by atoms with Crippen molar-refractivity contribution in [3.05, 3.63) is 58.9 Å². The van der Waals surface area contributed by atoms with E-state index in [1.54, 1.807) is 7.11 Å². The van der Waals surface area contributed by atoms with Gasteiger partial charge in [0.2, 0.25) is 5.91 Å². The molecule has 1 amide bonds. The third kappa shape index (κ3) is 5.11. The minimum Gasteiger partial charge on any atom is -0.497 e. The Hall–Kier alpha value is -2.61. The summed E-state index contributed by atoms with van der Waals surface area (Å²) in [5, 5.41) is 3.63. The van der Waals surface area contributed by atoms with Crippen LogP contribution in [0.5, 0.6) is 5.75 Å². The van der Waals surface area contributed by atoms with Gasteiger partial charge in [-0.3, -0.25) is 14.6 Å². The maximum absolute atomic E-state index is 12.3. The predicted molar refractivity (Wildman–Crippen MR) is 118 cm³/mol. The first-order valence-electron chi connectivity index (χ1n) is 10.1. The van der Waals surface area contributed by atoms with Crippen molar-refractivity contribution in [1.82, 2.24) is 25.1 Å². The zero-order valence-corrected chi connectivity index (χ0v) is 17.8. The highest BCUT2D eigenvalue weighted by atomic mass is 35.5. The first kappa shape index (κ1) is 20.7. The number of nitrogens with one attached hydrogen (secondary N) is 2. The van der Waals surface area contributed by atoms with Crippen LogP contribution in [0.15, 0.2) is 42.5 Å². The number of ether oxygens (including phenoxy) is 1. The average molecular weight is 428 g/mol. The zero-order valence-electron chi connectivity index (χ0n) is 17.0. The van der Waals surface area contributed by atoms with Crippen molar-refractivity contribution in [3.63, 3.8) is 0 Å². The van der Waals surface area contributed by atoms with E-state index in [1.165, 1.54) is 0 Å². The molecule has 2 N–H and O–H groups in total. The van der Waals surface area contributed by atoms with Gasteiger partial charge >= 0.3 is 0 Å². The second-order valence-electron chi connectivity index (χ2n) is 7.49. The van der Waals surface area contributed by atoms with Gasteiger partial charge in [0, 0.05) is 43.8 Å². The van der Waals surface area contributed by atoms with E-state index >= 15 is 0 Å². The lowest BCUT2D eigenvalue weighted by Crippen LogP contribution is -2.49. The number of piperazine rings is 1. The lowest BCUT2D eigenvalue weighted by atomic mass is 10.2. The quantitative estimate of drug-likeness (QED) is 0.606. The van der Waals surface area contributed by atoms with E-state index < -0.39 is 0 Å². The molecule has 1 aliphatic heterocycles. The largest absolute Gasteiger partial charge is 0.497 e. The van der Waals surface area contributed by atoms with E-state index in [0.29, 0.717) is 18.1 Å². The lowest BCUT2D eigenvalue weighted by Gasteiger charge is -2.33. The number of hydrogen-bond acceptors (Lipinski definition) is 5. The Kier molecular flexibility index (Phi) is 6.52. The molecule has 158 valence electrons. The molecule has 1 saturated heterocycles. The van der Waals surface area contributed by atoms with Gasteiger partial charge in [0.15, 0.2) is 0 Å². The van der Waals surface area contributed by atoms with Gasteiger partial charge in [0.25, 0.3) is 0 Å². The first-order chi connectivity index (χ1) is 14.6. The van der Waals surface area contributed by atoms with Gasteiger partial charge in [-0.1, -0.05) is 29.8 Å². The molecule has 0 spiro atoms. The fraction of sp³-hybridized carbons (Fsp3) is 0.364. The molecule has 8 heteroatoms. The highest BCUT2D eigenvalue weighted by Crippen LogP contribution is 2.19. The molecule has 0 bridgehead atoms.